The first-order valence-corrected chi connectivity index (χ1v) is 7.11. The molecule has 4 nitrogen and oxygen atoms in total. The van der Waals surface area contributed by atoms with Crippen LogP contribution >= 0.6 is 0 Å². The number of amides is 1. The molecule has 104 valence electrons. The first-order valence-electron chi connectivity index (χ1n) is 7.11. The molecule has 1 aliphatic rings. The Bertz CT molecular complexity index is 433. The van der Waals surface area contributed by atoms with Crippen LogP contribution < -0.4 is 11.1 Å². The van der Waals surface area contributed by atoms with Crippen molar-refractivity contribution >= 4 is 5.91 Å². The topological polar surface area (TPSA) is 68.0 Å². The number of aromatic nitrogens is 1. The van der Waals surface area contributed by atoms with Crippen LogP contribution in [0.4, 0.5) is 0 Å². The van der Waals surface area contributed by atoms with Gasteiger partial charge in [-0.2, -0.15) is 0 Å². The Morgan fingerprint density at radius 2 is 2.21 bits per heavy atom. The lowest BCUT2D eigenvalue weighted by molar-refractivity contribution is -0.126. The minimum Gasteiger partial charge on any atom is -0.352 e. The zero-order valence-corrected chi connectivity index (χ0v) is 11.6. The zero-order chi connectivity index (χ0) is 13.7. The molecule has 1 aliphatic carbocycles. The van der Waals surface area contributed by atoms with E-state index in [1.165, 1.54) is 6.42 Å². The second kappa shape index (κ2) is 6.66. The Hall–Kier alpha value is -1.42. The Kier molecular flexibility index (Phi) is 4.91. The van der Waals surface area contributed by atoms with Crippen molar-refractivity contribution in [3.8, 4) is 0 Å². The number of hydrogen-bond acceptors (Lipinski definition) is 3. The highest BCUT2D eigenvalue weighted by atomic mass is 16.1. The van der Waals surface area contributed by atoms with Gasteiger partial charge in [0.05, 0.1) is 5.92 Å². The molecule has 0 saturated heterocycles. The number of aryl methyl sites for hydroxylation is 1. The summed E-state index contributed by atoms with van der Waals surface area (Å²) in [6.45, 7) is 2.57. The summed E-state index contributed by atoms with van der Waals surface area (Å²) in [5.74, 6) is 0.0668. The number of nitrogens with one attached hydrogen (secondary N) is 1. The van der Waals surface area contributed by atoms with Crippen molar-refractivity contribution in [3.63, 3.8) is 0 Å². The van der Waals surface area contributed by atoms with Gasteiger partial charge in [0.1, 0.15) is 0 Å². The second-order valence-electron chi connectivity index (χ2n) is 5.43. The van der Waals surface area contributed by atoms with E-state index >= 15 is 0 Å². The summed E-state index contributed by atoms with van der Waals surface area (Å²) in [6, 6.07) is 1.97. The molecule has 19 heavy (non-hydrogen) atoms. The summed E-state index contributed by atoms with van der Waals surface area (Å²) in [5, 5.41) is 3.01. The van der Waals surface area contributed by atoms with E-state index in [0.29, 0.717) is 6.54 Å². The van der Waals surface area contributed by atoms with Crippen LogP contribution in [0.1, 0.15) is 43.2 Å². The summed E-state index contributed by atoms with van der Waals surface area (Å²) in [6.07, 6.45) is 8.90. The van der Waals surface area contributed by atoms with E-state index < -0.39 is 0 Å². The Balaban J connectivity index is 1.91. The van der Waals surface area contributed by atoms with Gasteiger partial charge < -0.3 is 11.1 Å². The van der Waals surface area contributed by atoms with E-state index in [0.717, 1.165) is 36.8 Å². The summed E-state index contributed by atoms with van der Waals surface area (Å²) >= 11 is 0. The maximum Gasteiger partial charge on any atom is 0.224 e. The second-order valence-corrected chi connectivity index (χ2v) is 5.43. The van der Waals surface area contributed by atoms with Gasteiger partial charge in [0.2, 0.25) is 5.91 Å². The average molecular weight is 261 g/mol. The molecular formula is C15H23N3O. The fraction of sp³-hybridized carbons (Fsp3) is 0.600. The number of pyridine rings is 1. The highest BCUT2D eigenvalue weighted by molar-refractivity contribution is 5.79. The van der Waals surface area contributed by atoms with Gasteiger partial charge in [-0.1, -0.05) is 19.3 Å². The molecule has 1 aromatic heterocycles. The normalized spacial score (nSPS) is 23.7. The third-order valence-electron chi connectivity index (χ3n) is 4.01. The lowest BCUT2D eigenvalue weighted by Crippen LogP contribution is -2.41. The summed E-state index contributed by atoms with van der Waals surface area (Å²) in [5.41, 5.74) is 8.33. The standard InChI is InChI=1S/C15H23N3O/c1-11-7-8-17-9-12(11)10-18-15(19)13-5-3-2-4-6-14(13)16/h7-9,13-14H,2-6,10,16H2,1H3,(H,18,19). The predicted molar refractivity (Wildman–Crippen MR) is 75.4 cm³/mol. The van der Waals surface area contributed by atoms with E-state index in [-0.39, 0.29) is 17.9 Å². The first-order chi connectivity index (χ1) is 9.18. The van der Waals surface area contributed by atoms with Crippen LogP contribution in [0.3, 0.4) is 0 Å². The third-order valence-corrected chi connectivity index (χ3v) is 4.01. The Labute approximate surface area is 114 Å². The first kappa shape index (κ1) is 14.0. The smallest absolute Gasteiger partial charge is 0.224 e. The SMILES string of the molecule is Cc1ccncc1CNC(=O)C1CCCCCC1N. The molecule has 1 aromatic rings. The van der Waals surface area contributed by atoms with Crippen molar-refractivity contribution in [2.24, 2.45) is 11.7 Å². The summed E-state index contributed by atoms with van der Waals surface area (Å²) < 4.78 is 0. The van der Waals surface area contributed by atoms with Gasteiger partial charge in [0, 0.05) is 25.0 Å². The van der Waals surface area contributed by atoms with Gasteiger partial charge in [0.15, 0.2) is 0 Å². The Morgan fingerprint density at radius 1 is 1.42 bits per heavy atom. The van der Waals surface area contributed by atoms with Crippen LogP contribution in [0.5, 0.6) is 0 Å². The molecule has 2 unspecified atom stereocenters. The quantitative estimate of drug-likeness (QED) is 0.817. The molecule has 1 saturated carbocycles. The molecule has 0 spiro atoms. The highest BCUT2D eigenvalue weighted by Crippen LogP contribution is 2.22. The van der Waals surface area contributed by atoms with Gasteiger partial charge in [0.25, 0.3) is 0 Å². The van der Waals surface area contributed by atoms with Crippen LogP contribution in [0.2, 0.25) is 0 Å². The third kappa shape index (κ3) is 3.77. The monoisotopic (exact) mass is 261 g/mol. The molecular weight excluding hydrogens is 238 g/mol. The number of carbonyl (C=O) groups is 1. The Morgan fingerprint density at radius 3 is 3.00 bits per heavy atom. The van der Waals surface area contributed by atoms with E-state index in [1.54, 1.807) is 6.20 Å². The van der Waals surface area contributed by atoms with Crippen molar-refractivity contribution < 1.29 is 4.79 Å². The molecule has 1 fully saturated rings. The minimum absolute atomic E-state index is 0.0116. The summed E-state index contributed by atoms with van der Waals surface area (Å²) in [4.78, 5) is 16.3. The highest BCUT2D eigenvalue weighted by Gasteiger charge is 2.26. The molecule has 4 heteroatoms. The minimum atomic E-state index is -0.0283. The van der Waals surface area contributed by atoms with Gasteiger partial charge in [-0.05, 0) is 37.0 Å². The molecule has 0 aromatic carbocycles. The van der Waals surface area contributed by atoms with Crippen molar-refractivity contribution in [3.05, 3.63) is 29.6 Å². The molecule has 0 radical (unpaired) electrons. The van der Waals surface area contributed by atoms with Crippen LogP contribution in [-0.2, 0) is 11.3 Å². The predicted octanol–water partition coefficient (Wildman–Crippen LogP) is 1.91. The summed E-state index contributed by atoms with van der Waals surface area (Å²) in [7, 11) is 0. The van der Waals surface area contributed by atoms with Crippen LogP contribution in [0.25, 0.3) is 0 Å². The molecule has 1 amide bonds. The van der Waals surface area contributed by atoms with E-state index in [9.17, 15) is 4.79 Å². The van der Waals surface area contributed by atoms with E-state index in [4.69, 9.17) is 5.73 Å². The number of nitrogens with zero attached hydrogens (tertiary/aromatic N) is 1. The molecule has 0 aliphatic heterocycles. The van der Waals surface area contributed by atoms with Crippen molar-refractivity contribution in [1.29, 1.82) is 0 Å². The molecule has 0 bridgehead atoms. The lowest BCUT2D eigenvalue weighted by atomic mass is 9.94. The van der Waals surface area contributed by atoms with Crippen molar-refractivity contribution in [2.45, 2.75) is 51.6 Å². The van der Waals surface area contributed by atoms with Gasteiger partial charge in [-0.3, -0.25) is 9.78 Å². The molecule has 2 atom stereocenters. The largest absolute Gasteiger partial charge is 0.352 e. The van der Waals surface area contributed by atoms with Crippen LogP contribution in [0, 0.1) is 12.8 Å². The van der Waals surface area contributed by atoms with Gasteiger partial charge in [-0.15, -0.1) is 0 Å². The average Bonchev–Trinajstić information content (AvgIpc) is 2.62. The molecule has 2 rings (SSSR count). The fourth-order valence-electron chi connectivity index (χ4n) is 2.66. The number of nitrogens with two attached hydrogens (primary N) is 1. The van der Waals surface area contributed by atoms with Crippen LogP contribution in [-0.4, -0.2) is 16.9 Å². The van der Waals surface area contributed by atoms with Gasteiger partial charge >= 0.3 is 0 Å². The van der Waals surface area contributed by atoms with Crippen molar-refractivity contribution in [1.82, 2.24) is 10.3 Å². The van der Waals surface area contributed by atoms with Crippen molar-refractivity contribution in [2.75, 3.05) is 0 Å². The van der Waals surface area contributed by atoms with E-state index in [2.05, 4.69) is 10.3 Å². The fourth-order valence-corrected chi connectivity index (χ4v) is 2.66. The maximum absolute atomic E-state index is 12.2. The number of rotatable bonds is 3. The maximum atomic E-state index is 12.2. The molecule has 1 heterocycles. The molecule has 3 N–H and O–H groups in total. The van der Waals surface area contributed by atoms with E-state index in [1.807, 2.05) is 19.2 Å². The van der Waals surface area contributed by atoms with Gasteiger partial charge in [-0.25, -0.2) is 0 Å². The lowest BCUT2D eigenvalue weighted by Gasteiger charge is -2.20. The number of carbonyl (C=O) groups excluding carboxylic acids is 1. The number of hydrogen-bond donors (Lipinski definition) is 2. The van der Waals surface area contributed by atoms with Crippen LogP contribution in [0.15, 0.2) is 18.5 Å². The zero-order valence-electron chi connectivity index (χ0n) is 11.6.